The molecule has 3 aromatic rings. The Morgan fingerprint density at radius 2 is 1.95 bits per heavy atom. The van der Waals surface area contributed by atoms with Gasteiger partial charge in [0, 0.05) is 28.6 Å². The number of fused-ring (bicyclic) bond motifs is 2. The van der Waals surface area contributed by atoms with Crippen LogP contribution in [0.25, 0.3) is 16.3 Å². The van der Waals surface area contributed by atoms with Crippen molar-refractivity contribution in [3.63, 3.8) is 0 Å². The molecule has 9 nitrogen and oxygen atoms in total. The van der Waals surface area contributed by atoms with Crippen molar-refractivity contribution < 1.29 is 35.1 Å². The van der Waals surface area contributed by atoms with E-state index in [1.165, 1.54) is 35.2 Å². The molecule has 2 N–H and O–H groups in total. The van der Waals surface area contributed by atoms with Crippen molar-refractivity contribution in [3.8, 4) is 0 Å². The third kappa shape index (κ3) is 7.83. The summed E-state index contributed by atoms with van der Waals surface area (Å²) in [6, 6.07) is 9.66. The normalized spacial score (nSPS) is 15.2. The standard InChI is InChI=1S/C25H25ClFN3O6S4/c1-3-16(11-24-29(9-4-10-40(34,35)36)20-14-18(27)6-8-22(20)37-24)12-25-30(15-23(31)28-39(2,32)33)19-13-17(26)5-7-21(19)38-25/h5-8,11-14H,3-4,9-10,15H2,1-2H3,(H-,28,31,34,35,36)/p+1. The number of hydrogen-bond acceptors (Lipinski definition) is 8. The molecule has 0 radical (unpaired) electrons. The molecule has 4 rings (SSSR count). The Balaban J connectivity index is 1.74. The van der Waals surface area contributed by atoms with Crippen LogP contribution in [0.5, 0.6) is 0 Å². The second-order valence-electron chi connectivity index (χ2n) is 9.00. The van der Waals surface area contributed by atoms with Gasteiger partial charge in [0.25, 0.3) is 21.0 Å². The lowest BCUT2D eigenvalue weighted by Crippen LogP contribution is -2.45. The lowest BCUT2D eigenvalue weighted by atomic mass is 10.2. The molecular formula is C25H26ClFN3O6S4+. The zero-order chi connectivity index (χ0) is 29.2. The molecule has 2 aromatic carbocycles. The van der Waals surface area contributed by atoms with E-state index >= 15 is 0 Å². The van der Waals surface area contributed by atoms with Crippen LogP contribution in [0.3, 0.4) is 0 Å². The molecule has 0 fully saturated rings. The van der Waals surface area contributed by atoms with Crippen molar-refractivity contribution in [1.29, 1.82) is 0 Å². The quantitative estimate of drug-likeness (QED) is 0.242. The minimum atomic E-state index is -4.15. The summed E-state index contributed by atoms with van der Waals surface area (Å²) in [7, 11) is -7.89. The van der Waals surface area contributed by atoms with Gasteiger partial charge < -0.3 is 4.90 Å². The number of thiazole rings is 1. The molecule has 0 spiro atoms. The molecule has 15 heteroatoms. The fraction of sp³-hybridized carbons (Fsp3) is 0.280. The Bertz CT molecular complexity index is 1750. The fourth-order valence-electron chi connectivity index (χ4n) is 4.11. The third-order valence-electron chi connectivity index (χ3n) is 5.80. The van der Waals surface area contributed by atoms with Crippen LogP contribution in [-0.2, 0) is 31.5 Å². The Kier molecular flexibility index (Phi) is 9.27. The van der Waals surface area contributed by atoms with E-state index in [0.717, 1.165) is 26.5 Å². The summed E-state index contributed by atoms with van der Waals surface area (Å²) in [5.41, 5.74) is 2.12. The molecule has 1 amide bonds. The second-order valence-corrected chi connectivity index (χ2v) is 14.9. The first-order valence-corrected chi connectivity index (χ1v) is 17.5. The van der Waals surface area contributed by atoms with E-state index in [4.69, 9.17) is 16.2 Å². The molecule has 1 aromatic heterocycles. The molecule has 0 saturated heterocycles. The Labute approximate surface area is 245 Å². The summed E-state index contributed by atoms with van der Waals surface area (Å²) in [4.78, 5) is 15.2. The molecular weight excluding hydrogens is 621 g/mol. The minimum absolute atomic E-state index is 0.129. The monoisotopic (exact) mass is 646 g/mol. The van der Waals surface area contributed by atoms with Crippen molar-refractivity contribution in [2.75, 3.05) is 23.5 Å². The summed E-state index contributed by atoms with van der Waals surface area (Å²) in [5.74, 6) is -1.56. The molecule has 1 aliphatic rings. The Hall–Kier alpha value is -2.49. The van der Waals surface area contributed by atoms with Crippen LogP contribution < -0.4 is 14.2 Å². The maximum absolute atomic E-state index is 14.1. The number of aromatic nitrogens is 1. The summed E-state index contributed by atoms with van der Waals surface area (Å²) in [6.45, 7) is 1.93. The molecule has 0 aliphatic carbocycles. The van der Waals surface area contributed by atoms with Crippen molar-refractivity contribution in [3.05, 3.63) is 68.9 Å². The fourth-order valence-corrected chi connectivity index (χ4v) is 7.51. The van der Waals surface area contributed by atoms with Crippen LogP contribution in [0.2, 0.25) is 5.02 Å². The maximum Gasteiger partial charge on any atom is 0.299 e. The Morgan fingerprint density at radius 1 is 1.20 bits per heavy atom. The lowest BCUT2D eigenvalue weighted by molar-refractivity contribution is -0.655. The topological polar surface area (TPSA) is 125 Å². The van der Waals surface area contributed by atoms with Crippen LogP contribution >= 0.6 is 34.7 Å². The number of amides is 1. The number of rotatable bonds is 10. The highest BCUT2D eigenvalue weighted by Crippen LogP contribution is 2.47. The van der Waals surface area contributed by atoms with Crippen molar-refractivity contribution in [1.82, 2.24) is 4.72 Å². The summed E-state index contributed by atoms with van der Waals surface area (Å²) in [5, 5.41) is 1.89. The van der Waals surface area contributed by atoms with E-state index in [1.54, 1.807) is 22.8 Å². The number of thioether (sulfide) groups is 1. The maximum atomic E-state index is 14.1. The first-order chi connectivity index (χ1) is 18.7. The van der Waals surface area contributed by atoms with Gasteiger partial charge in [0.05, 0.1) is 22.7 Å². The Morgan fingerprint density at radius 3 is 2.62 bits per heavy atom. The molecule has 0 unspecified atom stereocenters. The smallest absolute Gasteiger partial charge is 0.299 e. The van der Waals surface area contributed by atoms with E-state index in [-0.39, 0.29) is 19.5 Å². The van der Waals surface area contributed by atoms with Gasteiger partial charge in [-0.2, -0.15) is 13.0 Å². The molecule has 0 atom stereocenters. The number of sulfonamides is 1. The predicted octanol–water partition coefficient (Wildman–Crippen LogP) is 4.58. The van der Waals surface area contributed by atoms with Gasteiger partial charge in [-0.05, 0) is 54.8 Å². The number of anilines is 1. The minimum Gasteiger partial charge on any atom is -0.335 e. The third-order valence-corrected chi connectivity index (χ3v) is 9.66. The molecule has 1 aliphatic heterocycles. The summed E-state index contributed by atoms with van der Waals surface area (Å²) < 4.78 is 73.5. The number of carbonyl (C=O) groups excluding carboxylic acids is 1. The predicted molar refractivity (Wildman–Crippen MR) is 157 cm³/mol. The first-order valence-electron chi connectivity index (χ1n) is 12.0. The number of nitrogens with zero attached hydrogens (tertiary/aromatic N) is 2. The van der Waals surface area contributed by atoms with E-state index in [1.807, 2.05) is 34.8 Å². The van der Waals surface area contributed by atoms with Gasteiger partial charge in [0.2, 0.25) is 22.1 Å². The van der Waals surface area contributed by atoms with Crippen LogP contribution in [0.4, 0.5) is 10.1 Å². The molecule has 40 heavy (non-hydrogen) atoms. The van der Waals surface area contributed by atoms with Crippen LogP contribution in [0, 0.1) is 5.82 Å². The van der Waals surface area contributed by atoms with E-state index < -0.39 is 37.6 Å². The highest BCUT2D eigenvalue weighted by atomic mass is 35.5. The van der Waals surface area contributed by atoms with Crippen molar-refractivity contribution >= 4 is 82.7 Å². The van der Waals surface area contributed by atoms with Gasteiger partial charge in [0.1, 0.15) is 10.5 Å². The van der Waals surface area contributed by atoms with Gasteiger partial charge in [-0.15, -0.1) is 0 Å². The van der Waals surface area contributed by atoms with Gasteiger partial charge in [0.15, 0.2) is 0 Å². The van der Waals surface area contributed by atoms with Gasteiger partial charge in [-0.1, -0.05) is 41.6 Å². The van der Waals surface area contributed by atoms with Gasteiger partial charge >= 0.3 is 0 Å². The highest BCUT2D eigenvalue weighted by Gasteiger charge is 2.27. The summed E-state index contributed by atoms with van der Waals surface area (Å²) >= 11 is 9.03. The van der Waals surface area contributed by atoms with Crippen molar-refractivity contribution in [2.24, 2.45) is 0 Å². The highest BCUT2D eigenvalue weighted by molar-refractivity contribution is 8.03. The van der Waals surface area contributed by atoms with Crippen molar-refractivity contribution in [2.45, 2.75) is 31.2 Å². The van der Waals surface area contributed by atoms with E-state index in [2.05, 4.69) is 0 Å². The van der Waals surface area contributed by atoms with Gasteiger partial charge in [-0.25, -0.2) is 17.5 Å². The number of halogens is 2. The average Bonchev–Trinajstić information content (AvgIpc) is 3.33. The van der Waals surface area contributed by atoms with E-state index in [9.17, 15) is 26.0 Å². The van der Waals surface area contributed by atoms with E-state index in [0.29, 0.717) is 27.7 Å². The zero-order valence-electron chi connectivity index (χ0n) is 21.4. The second kappa shape index (κ2) is 12.2. The molecule has 2 heterocycles. The SMILES string of the molecule is CCC(=Cc1sc2ccc(Cl)cc2[n+]1CC(=O)NS(C)(=O)=O)C=C1Sc2ccc(F)cc2N1CCCS(=O)(=O)O. The average molecular weight is 647 g/mol. The number of allylic oxidation sites excluding steroid dienone is 2. The van der Waals surface area contributed by atoms with Crippen LogP contribution in [0.15, 0.2) is 58.0 Å². The molecule has 0 saturated carbocycles. The molecule has 214 valence electrons. The number of hydrogen-bond donors (Lipinski definition) is 2. The lowest BCUT2D eigenvalue weighted by Gasteiger charge is -2.20. The molecule has 0 bridgehead atoms. The number of nitrogens with one attached hydrogen (secondary N) is 1. The zero-order valence-corrected chi connectivity index (χ0v) is 25.4. The summed E-state index contributed by atoms with van der Waals surface area (Å²) in [6.07, 6.45) is 5.42. The number of benzene rings is 2. The van der Waals surface area contributed by atoms with Crippen LogP contribution in [0.1, 0.15) is 24.8 Å². The van der Waals surface area contributed by atoms with Gasteiger partial charge in [-0.3, -0.25) is 9.35 Å². The largest absolute Gasteiger partial charge is 0.335 e. The van der Waals surface area contributed by atoms with Crippen LogP contribution in [-0.4, -0.2) is 45.8 Å². The first kappa shape index (κ1) is 30.5. The number of carbonyl (C=O) groups is 1.